The fourth-order valence-corrected chi connectivity index (χ4v) is 1.46. The van der Waals surface area contributed by atoms with Gasteiger partial charge in [-0.15, -0.1) is 0 Å². The third-order valence-electron chi connectivity index (χ3n) is 2.28. The molecule has 0 bridgehead atoms. The van der Waals surface area contributed by atoms with Gasteiger partial charge in [-0.3, -0.25) is 9.59 Å². The van der Waals surface area contributed by atoms with Crippen LogP contribution in [0.25, 0.3) is 0 Å². The van der Waals surface area contributed by atoms with E-state index >= 15 is 0 Å². The zero-order chi connectivity index (χ0) is 13.5. The van der Waals surface area contributed by atoms with Crippen LogP contribution < -0.4 is 10.6 Å². The van der Waals surface area contributed by atoms with Gasteiger partial charge in [0.1, 0.15) is 11.2 Å². The van der Waals surface area contributed by atoms with Gasteiger partial charge in [-0.1, -0.05) is 18.5 Å². The van der Waals surface area contributed by atoms with Gasteiger partial charge in [0, 0.05) is 18.3 Å². The number of aromatic nitrogens is 1. The zero-order valence-electron chi connectivity index (χ0n) is 10.4. The molecule has 0 spiro atoms. The molecule has 0 fully saturated rings. The van der Waals surface area contributed by atoms with E-state index in [1.54, 1.807) is 6.92 Å². The first-order chi connectivity index (χ1) is 8.54. The summed E-state index contributed by atoms with van der Waals surface area (Å²) >= 11 is 5.69. The van der Waals surface area contributed by atoms with E-state index in [-0.39, 0.29) is 17.0 Å². The first kappa shape index (κ1) is 14.4. The highest BCUT2D eigenvalue weighted by molar-refractivity contribution is 6.29. The van der Waals surface area contributed by atoms with Crippen LogP contribution in [0.15, 0.2) is 18.3 Å². The molecule has 1 rings (SSSR count). The molecule has 1 heterocycles. The Bertz CT molecular complexity index is 437. The minimum absolute atomic E-state index is 0.203. The summed E-state index contributed by atoms with van der Waals surface area (Å²) in [6.45, 7) is 4.19. The molecule has 6 heteroatoms. The molecule has 2 amide bonds. The van der Waals surface area contributed by atoms with Crippen molar-refractivity contribution in [3.63, 3.8) is 0 Å². The number of halogens is 1. The fourth-order valence-electron chi connectivity index (χ4n) is 1.29. The zero-order valence-corrected chi connectivity index (χ0v) is 11.1. The summed E-state index contributed by atoms with van der Waals surface area (Å²) < 4.78 is 0. The van der Waals surface area contributed by atoms with Gasteiger partial charge in [0.05, 0.1) is 0 Å². The molecule has 18 heavy (non-hydrogen) atoms. The van der Waals surface area contributed by atoms with Crippen molar-refractivity contribution >= 4 is 23.4 Å². The number of nitrogens with one attached hydrogen (secondary N) is 2. The molecule has 0 saturated heterocycles. The van der Waals surface area contributed by atoms with Crippen LogP contribution in [-0.2, 0) is 4.79 Å². The predicted molar refractivity (Wildman–Crippen MR) is 69.5 cm³/mol. The molecular weight excluding hydrogens is 254 g/mol. The molecule has 98 valence electrons. The van der Waals surface area contributed by atoms with Gasteiger partial charge >= 0.3 is 0 Å². The van der Waals surface area contributed by atoms with E-state index in [0.29, 0.717) is 12.1 Å². The topological polar surface area (TPSA) is 71.1 Å². The van der Waals surface area contributed by atoms with E-state index in [1.807, 2.05) is 6.92 Å². The predicted octanol–water partition coefficient (Wildman–Crippen LogP) is 1.38. The summed E-state index contributed by atoms with van der Waals surface area (Å²) in [5.74, 6) is -0.552. The third kappa shape index (κ3) is 4.33. The van der Waals surface area contributed by atoms with Gasteiger partial charge in [-0.05, 0) is 25.5 Å². The smallest absolute Gasteiger partial charge is 0.252 e. The minimum atomic E-state index is -0.587. The molecule has 0 aliphatic carbocycles. The standard InChI is InChI=1S/C12H16ClN3O2/c1-3-5-15-11(17)8(2)16-12(18)9-4-6-14-10(13)7-9/h4,6-8H,3,5H2,1-2H3,(H,15,17)(H,16,18). The van der Waals surface area contributed by atoms with Crippen LogP contribution in [-0.4, -0.2) is 29.4 Å². The molecule has 0 radical (unpaired) electrons. The average molecular weight is 270 g/mol. The van der Waals surface area contributed by atoms with E-state index in [1.165, 1.54) is 18.3 Å². The van der Waals surface area contributed by atoms with Gasteiger partial charge in [-0.25, -0.2) is 4.98 Å². The van der Waals surface area contributed by atoms with Gasteiger partial charge in [0.2, 0.25) is 5.91 Å². The maximum absolute atomic E-state index is 11.8. The maximum Gasteiger partial charge on any atom is 0.252 e. The lowest BCUT2D eigenvalue weighted by Gasteiger charge is -2.13. The highest BCUT2D eigenvalue weighted by Gasteiger charge is 2.16. The number of rotatable bonds is 5. The molecule has 0 aliphatic heterocycles. The van der Waals surface area contributed by atoms with E-state index in [4.69, 9.17) is 11.6 Å². The molecule has 1 aromatic rings. The van der Waals surface area contributed by atoms with Gasteiger partial charge in [-0.2, -0.15) is 0 Å². The summed E-state index contributed by atoms with van der Waals surface area (Å²) in [4.78, 5) is 27.2. The van der Waals surface area contributed by atoms with E-state index < -0.39 is 6.04 Å². The van der Waals surface area contributed by atoms with Crippen LogP contribution in [0.3, 0.4) is 0 Å². The summed E-state index contributed by atoms with van der Waals surface area (Å²) in [5.41, 5.74) is 0.380. The van der Waals surface area contributed by atoms with Crippen LogP contribution in [0.5, 0.6) is 0 Å². The molecule has 1 aromatic heterocycles. The summed E-state index contributed by atoms with van der Waals surface area (Å²) in [6.07, 6.45) is 2.30. The number of amides is 2. The number of carbonyl (C=O) groups excluding carboxylic acids is 2. The molecular formula is C12H16ClN3O2. The Morgan fingerprint density at radius 3 is 2.83 bits per heavy atom. The summed E-state index contributed by atoms with van der Waals surface area (Å²) in [7, 11) is 0. The molecule has 0 saturated carbocycles. The Labute approximate surface area is 111 Å². The van der Waals surface area contributed by atoms with Crippen LogP contribution in [0, 0.1) is 0 Å². The number of hydrogen-bond donors (Lipinski definition) is 2. The lowest BCUT2D eigenvalue weighted by molar-refractivity contribution is -0.122. The quantitative estimate of drug-likeness (QED) is 0.794. The number of carbonyl (C=O) groups is 2. The number of nitrogens with zero attached hydrogens (tertiary/aromatic N) is 1. The molecule has 0 aromatic carbocycles. The summed E-state index contributed by atoms with van der Waals surface area (Å²) in [6, 6.07) is 2.40. The second-order valence-electron chi connectivity index (χ2n) is 3.85. The van der Waals surface area contributed by atoms with E-state index in [2.05, 4.69) is 15.6 Å². The van der Waals surface area contributed by atoms with E-state index in [9.17, 15) is 9.59 Å². The number of hydrogen-bond acceptors (Lipinski definition) is 3. The average Bonchev–Trinajstić information content (AvgIpc) is 2.35. The highest BCUT2D eigenvalue weighted by atomic mass is 35.5. The maximum atomic E-state index is 11.8. The fraction of sp³-hybridized carbons (Fsp3) is 0.417. The van der Waals surface area contributed by atoms with Gasteiger partial charge in [0.15, 0.2) is 0 Å². The van der Waals surface area contributed by atoms with Crippen molar-refractivity contribution in [2.24, 2.45) is 0 Å². The van der Waals surface area contributed by atoms with E-state index in [0.717, 1.165) is 6.42 Å². The lowest BCUT2D eigenvalue weighted by atomic mass is 10.2. The molecule has 5 nitrogen and oxygen atoms in total. The van der Waals surface area contributed by atoms with Crippen molar-refractivity contribution in [2.45, 2.75) is 26.3 Å². The van der Waals surface area contributed by atoms with Crippen molar-refractivity contribution < 1.29 is 9.59 Å². The molecule has 0 aliphatic rings. The molecule has 1 atom stereocenters. The Morgan fingerprint density at radius 2 is 2.22 bits per heavy atom. The SMILES string of the molecule is CCCNC(=O)C(C)NC(=O)c1ccnc(Cl)c1. The Balaban J connectivity index is 2.56. The van der Waals surface area contributed by atoms with Crippen LogP contribution >= 0.6 is 11.6 Å². The lowest BCUT2D eigenvalue weighted by Crippen LogP contribution is -2.45. The van der Waals surface area contributed by atoms with Crippen LogP contribution in [0.4, 0.5) is 0 Å². The second kappa shape index (κ2) is 6.96. The Kier molecular flexibility index (Phi) is 5.58. The third-order valence-corrected chi connectivity index (χ3v) is 2.49. The van der Waals surface area contributed by atoms with Crippen molar-refractivity contribution in [3.05, 3.63) is 29.0 Å². The first-order valence-corrected chi connectivity index (χ1v) is 6.12. The van der Waals surface area contributed by atoms with Gasteiger partial charge < -0.3 is 10.6 Å². The van der Waals surface area contributed by atoms with Crippen LogP contribution in [0.1, 0.15) is 30.6 Å². The second-order valence-corrected chi connectivity index (χ2v) is 4.24. The molecule has 2 N–H and O–H groups in total. The van der Waals surface area contributed by atoms with Crippen molar-refractivity contribution in [3.8, 4) is 0 Å². The highest BCUT2D eigenvalue weighted by Crippen LogP contribution is 2.06. The van der Waals surface area contributed by atoms with Gasteiger partial charge in [0.25, 0.3) is 5.91 Å². The minimum Gasteiger partial charge on any atom is -0.354 e. The Morgan fingerprint density at radius 1 is 1.50 bits per heavy atom. The van der Waals surface area contributed by atoms with Crippen LogP contribution in [0.2, 0.25) is 5.15 Å². The van der Waals surface area contributed by atoms with Crippen molar-refractivity contribution in [1.82, 2.24) is 15.6 Å². The Hall–Kier alpha value is -1.62. The summed E-state index contributed by atoms with van der Waals surface area (Å²) in [5, 5.41) is 5.54. The first-order valence-electron chi connectivity index (χ1n) is 5.74. The number of pyridine rings is 1. The normalized spacial score (nSPS) is 11.7. The monoisotopic (exact) mass is 269 g/mol. The largest absolute Gasteiger partial charge is 0.354 e. The van der Waals surface area contributed by atoms with Crippen molar-refractivity contribution in [1.29, 1.82) is 0 Å². The molecule has 1 unspecified atom stereocenters. The van der Waals surface area contributed by atoms with Crippen molar-refractivity contribution in [2.75, 3.05) is 6.54 Å².